The van der Waals surface area contributed by atoms with Gasteiger partial charge >= 0.3 is 0 Å². The van der Waals surface area contributed by atoms with Crippen LogP contribution in [0.1, 0.15) is 28.6 Å². The Morgan fingerprint density at radius 2 is 1.57 bits per heavy atom. The van der Waals surface area contributed by atoms with Crippen LogP contribution in [-0.4, -0.2) is 55.5 Å². The van der Waals surface area contributed by atoms with Gasteiger partial charge in [0, 0.05) is 42.4 Å². The molecule has 5 aromatic rings. The first-order valence-corrected chi connectivity index (χ1v) is 9.11. The molecule has 0 atom stereocenters. The van der Waals surface area contributed by atoms with Crippen molar-refractivity contribution in [1.29, 1.82) is 0 Å². The molecule has 11 nitrogen and oxygen atoms in total. The second kappa shape index (κ2) is 15.0. The molecule has 0 bridgehead atoms. The maximum absolute atomic E-state index is 3.86. The zero-order valence-electron chi connectivity index (χ0n) is 17.9. The van der Waals surface area contributed by atoms with Crippen molar-refractivity contribution in [2.75, 3.05) is 0 Å². The van der Waals surface area contributed by atoms with Gasteiger partial charge in [0.25, 0.3) is 0 Å². The highest BCUT2D eigenvalue weighted by atomic mass is 15.2. The van der Waals surface area contributed by atoms with E-state index in [0.29, 0.717) is 0 Å². The molecule has 0 unspecified atom stereocenters. The number of aromatic nitrogens is 11. The first kappa shape index (κ1) is 24.0. The van der Waals surface area contributed by atoms with Gasteiger partial charge in [-0.25, -0.2) is 15.0 Å². The Hall–Kier alpha value is -4.02. The fraction of sp³-hybridized carbons (Fsp3) is 0.263. The van der Waals surface area contributed by atoms with Crippen LogP contribution in [0.2, 0.25) is 0 Å². The van der Waals surface area contributed by atoms with Crippen LogP contribution in [0.4, 0.5) is 0 Å². The Bertz CT molecular complexity index is 734. The number of aryl methyl sites for hydroxylation is 5. The lowest BCUT2D eigenvalue weighted by Gasteiger charge is -1.68. The van der Waals surface area contributed by atoms with E-state index in [2.05, 4.69) is 55.5 Å². The third-order valence-electron chi connectivity index (χ3n) is 3.08. The fourth-order valence-corrected chi connectivity index (χ4v) is 1.58. The van der Waals surface area contributed by atoms with E-state index in [9.17, 15) is 0 Å². The van der Waals surface area contributed by atoms with Crippen LogP contribution in [0.25, 0.3) is 0 Å². The summed E-state index contributed by atoms with van der Waals surface area (Å²) in [4.78, 5) is 17.2. The van der Waals surface area contributed by atoms with Crippen LogP contribution in [0.15, 0.2) is 55.9 Å². The number of hydrogen-bond donors (Lipinski definition) is 5. The highest BCUT2D eigenvalue weighted by Crippen LogP contribution is 1.84. The Balaban J connectivity index is 0.000000187. The Morgan fingerprint density at radius 1 is 0.733 bits per heavy atom. The molecule has 0 spiro atoms. The normalized spacial score (nSPS) is 8.83. The minimum Gasteiger partial charge on any atom is -0.349 e. The quantitative estimate of drug-likeness (QED) is 0.264. The van der Waals surface area contributed by atoms with Crippen LogP contribution in [0, 0.1) is 34.6 Å². The molecule has 0 radical (unpaired) electrons. The summed E-state index contributed by atoms with van der Waals surface area (Å²) >= 11 is 0. The number of H-pyrrole nitrogens is 5. The van der Waals surface area contributed by atoms with Gasteiger partial charge in [0.15, 0.2) is 0 Å². The smallest absolute Gasteiger partial charge is 0.137 e. The number of rotatable bonds is 0. The van der Waals surface area contributed by atoms with E-state index in [1.165, 1.54) is 11.9 Å². The average molecular weight is 412 g/mol. The van der Waals surface area contributed by atoms with E-state index >= 15 is 0 Å². The topological polar surface area (TPSA) is 156 Å². The number of nitrogens with zero attached hydrogens (tertiary/aromatic N) is 6. The monoisotopic (exact) mass is 411 g/mol. The third-order valence-corrected chi connectivity index (χ3v) is 3.08. The lowest BCUT2D eigenvalue weighted by Crippen LogP contribution is -1.68. The number of aromatic amines is 5. The molecular formula is C19H29N11. The van der Waals surface area contributed by atoms with Crippen molar-refractivity contribution in [2.24, 2.45) is 0 Å². The lowest BCUT2D eigenvalue weighted by molar-refractivity contribution is 1.04. The van der Waals surface area contributed by atoms with Crippen molar-refractivity contribution in [2.45, 2.75) is 34.6 Å². The van der Waals surface area contributed by atoms with Crippen molar-refractivity contribution < 1.29 is 0 Å². The first-order valence-electron chi connectivity index (χ1n) is 9.11. The summed E-state index contributed by atoms with van der Waals surface area (Å²) in [6.45, 7) is 9.69. The third kappa shape index (κ3) is 13.2. The van der Waals surface area contributed by atoms with E-state index < -0.39 is 0 Å². The van der Waals surface area contributed by atoms with Crippen molar-refractivity contribution in [3.8, 4) is 0 Å². The molecular weight excluding hydrogens is 382 g/mol. The Kier molecular flexibility index (Phi) is 12.0. The molecule has 0 fully saturated rings. The molecule has 0 aliphatic heterocycles. The summed E-state index contributed by atoms with van der Waals surface area (Å²) < 4.78 is 0. The Labute approximate surface area is 175 Å². The lowest BCUT2D eigenvalue weighted by atomic mass is 10.4. The van der Waals surface area contributed by atoms with Gasteiger partial charge in [0.1, 0.15) is 18.0 Å². The standard InChI is InChI=1S/4C4H6N2.C3H5N3/c1-4-2-5-3-6-4;1-4-2-5-6-3-4;1-4-5-2-3-6-4;1-4-2-3-5-6-4;1-3-4-2-5-6-3/h4*2-3H,1H3,(H,5,6);2H,1H3,(H,4,5,6). The summed E-state index contributed by atoms with van der Waals surface area (Å²) in [6.07, 6.45) is 13.8. The average Bonchev–Trinajstić information content (AvgIpc) is 3.50. The maximum Gasteiger partial charge on any atom is 0.137 e. The van der Waals surface area contributed by atoms with Gasteiger partial charge in [-0.3, -0.25) is 15.3 Å². The van der Waals surface area contributed by atoms with Gasteiger partial charge in [-0.05, 0) is 46.2 Å². The molecule has 5 heterocycles. The van der Waals surface area contributed by atoms with Gasteiger partial charge in [0.05, 0.1) is 12.5 Å². The van der Waals surface area contributed by atoms with E-state index in [1.807, 2.05) is 46.9 Å². The zero-order valence-corrected chi connectivity index (χ0v) is 17.9. The van der Waals surface area contributed by atoms with Crippen molar-refractivity contribution in [1.82, 2.24) is 55.5 Å². The van der Waals surface area contributed by atoms with Crippen molar-refractivity contribution in [3.63, 3.8) is 0 Å². The van der Waals surface area contributed by atoms with Gasteiger partial charge in [-0.1, -0.05) is 0 Å². The van der Waals surface area contributed by atoms with Crippen molar-refractivity contribution in [3.05, 3.63) is 84.5 Å². The second-order valence-corrected chi connectivity index (χ2v) is 6.00. The largest absolute Gasteiger partial charge is 0.349 e. The minimum absolute atomic E-state index is 0.856. The summed E-state index contributed by atoms with van der Waals surface area (Å²) in [5.41, 5.74) is 3.39. The molecule has 5 rings (SSSR count). The predicted molar refractivity (Wildman–Crippen MR) is 114 cm³/mol. The number of nitrogens with one attached hydrogen (secondary N) is 5. The van der Waals surface area contributed by atoms with Gasteiger partial charge in [0.2, 0.25) is 0 Å². The molecule has 5 N–H and O–H groups in total. The first-order chi connectivity index (χ1) is 14.5. The molecule has 0 aliphatic carbocycles. The molecule has 0 saturated carbocycles. The second-order valence-electron chi connectivity index (χ2n) is 6.00. The molecule has 0 amide bonds. The molecule has 0 saturated heterocycles. The summed E-state index contributed by atoms with van der Waals surface area (Å²) in [5.74, 6) is 1.82. The molecule has 160 valence electrons. The summed E-state index contributed by atoms with van der Waals surface area (Å²) in [7, 11) is 0. The van der Waals surface area contributed by atoms with E-state index in [4.69, 9.17) is 0 Å². The van der Waals surface area contributed by atoms with E-state index in [-0.39, 0.29) is 0 Å². The van der Waals surface area contributed by atoms with Gasteiger partial charge in [-0.15, -0.1) is 0 Å². The van der Waals surface area contributed by atoms with Crippen molar-refractivity contribution >= 4 is 0 Å². The van der Waals surface area contributed by atoms with Gasteiger partial charge < -0.3 is 9.97 Å². The zero-order chi connectivity index (χ0) is 22.0. The van der Waals surface area contributed by atoms with Crippen LogP contribution in [0.5, 0.6) is 0 Å². The van der Waals surface area contributed by atoms with Crippen LogP contribution in [-0.2, 0) is 0 Å². The summed E-state index contributed by atoms with van der Waals surface area (Å²) in [5, 5.41) is 19.0. The highest BCUT2D eigenvalue weighted by Gasteiger charge is 1.76. The van der Waals surface area contributed by atoms with Crippen LogP contribution in [0.3, 0.4) is 0 Å². The molecule has 0 aliphatic rings. The molecule has 11 heteroatoms. The molecule has 0 aromatic carbocycles. The highest BCUT2D eigenvalue weighted by molar-refractivity contribution is 4.96. The minimum atomic E-state index is 0.856. The van der Waals surface area contributed by atoms with Crippen LogP contribution < -0.4 is 0 Å². The van der Waals surface area contributed by atoms with Gasteiger partial charge in [-0.2, -0.15) is 15.3 Å². The number of hydrogen-bond acceptors (Lipinski definition) is 6. The number of imidazole rings is 2. The molecule has 30 heavy (non-hydrogen) atoms. The van der Waals surface area contributed by atoms with E-state index in [0.717, 1.165) is 23.0 Å². The van der Waals surface area contributed by atoms with E-state index in [1.54, 1.807) is 37.3 Å². The summed E-state index contributed by atoms with van der Waals surface area (Å²) in [6, 6.07) is 1.92. The SMILES string of the molecule is Cc1ccn[nH]1.Cc1cn[nH]c1.Cc1cnc[nH]1.Cc1ncc[nH]1.Cc1ncn[nH]1. The maximum atomic E-state index is 3.86. The molecule has 5 aromatic heterocycles. The Morgan fingerprint density at radius 3 is 1.73 bits per heavy atom. The van der Waals surface area contributed by atoms with Crippen LogP contribution >= 0.6 is 0 Å². The predicted octanol–water partition coefficient (Wildman–Crippen LogP) is 2.99. The fourth-order valence-electron chi connectivity index (χ4n) is 1.58.